The standard InChI is InChI=1S/C12H14ClN3O2S/c1-2-11(9-4-3-5-10(13)6-9)16-19(17,18)12-7-14-8-15-12/h3-8,11,16H,2H2,1H3,(H,14,15). The number of H-pyrrole nitrogens is 1. The molecule has 0 saturated carbocycles. The molecule has 0 amide bonds. The first-order valence-electron chi connectivity index (χ1n) is 5.79. The summed E-state index contributed by atoms with van der Waals surface area (Å²) < 4.78 is 26.8. The average molecular weight is 300 g/mol. The van der Waals surface area contributed by atoms with Gasteiger partial charge in [-0.2, -0.15) is 0 Å². The SMILES string of the molecule is CCC(NS(=O)(=O)c1cnc[nH]1)c1cccc(Cl)c1. The van der Waals surface area contributed by atoms with Crippen LogP contribution in [0, 0.1) is 0 Å². The zero-order valence-corrected chi connectivity index (χ0v) is 11.9. The number of nitrogens with zero attached hydrogens (tertiary/aromatic N) is 1. The molecule has 1 aromatic carbocycles. The third-order valence-electron chi connectivity index (χ3n) is 2.72. The zero-order chi connectivity index (χ0) is 13.9. The molecule has 0 fully saturated rings. The van der Waals surface area contributed by atoms with Crippen LogP contribution in [-0.4, -0.2) is 18.4 Å². The lowest BCUT2D eigenvalue weighted by atomic mass is 10.1. The van der Waals surface area contributed by atoms with E-state index in [1.807, 2.05) is 13.0 Å². The molecule has 102 valence electrons. The summed E-state index contributed by atoms with van der Waals surface area (Å²) in [5, 5.41) is 0.629. The van der Waals surface area contributed by atoms with Gasteiger partial charge in [-0.3, -0.25) is 0 Å². The molecule has 19 heavy (non-hydrogen) atoms. The van der Waals surface area contributed by atoms with Crippen molar-refractivity contribution in [3.8, 4) is 0 Å². The minimum absolute atomic E-state index is 0.0491. The molecule has 0 aliphatic heterocycles. The maximum Gasteiger partial charge on any atom is 0.258 e. The van der Waals surface area contributed by atoms with E-state index in [0.717, 1.165) is 5.56 Å². The first-order chi connectivity index (χ1) is 9.03. The molecule has 7 heteroatoms. The number of aromatic nitrogens is 2. The third-order valence-corrected chi connectivity index (χ3v) is 4.35. The molecule has 1 heterocycles. The smallest absolute Gasteiger partial charge is 0.258 e. The highest BCUT2D eigenvalue weighted by Crippen LogP contribution is 2.22. The Morgan fingerprint density at radius 3 is 2.84 bits per heavy atom. The van der Waals surface area contributed by atoms with Gasteiger partial charge in [-0.05, 0) is 24.1 Å². The number of nitrogens with one attached hydrogen (secondary N) is 2. The first kappa shape index (κ1) is 14.0. The van der Waals surface area contributed by atoms with Gasteiger partial charge in [-0.1, -0.05) is 30.7 Å². The Morgan fingerprint density at radius 1 is 1.47 bits per heavy atom. The van der Waals surface area contributed by atoms with Crippen molar-refractivity contribution in [3.05, 3.63) is 47.4 Å². The molecule has 1 unspecified atom stereocenters. The summed E-state index contributed by atoms with van der Waals surface area (Å²) in [5.74, 6) is 0. The van der Waals surface area contributed by atoms with Gasteiger partial charge in [0.1, 0.15) is 0 Å². The molecule has 2 N–H and O–H groups in total. The van der Waals surface area contributed by atoms with Crippen LogP contribution in [0.25, 0.3) is 0 Å². The topological polar surface area (TPSA) is 74.8 Å². The predicted molar refractivity (Wildman–Crippen MR) is 73.4 cm³/mol. The minimum atomic E-state index is -3.60. The number of hydrogen-bond acceptors (Lipinski definition) is 3. The van der Waals surface area contributed by atoms with Crippen LogP contribution in [-0.2, 0) is 10.0 Å². The summed E-state index contributed by atoms with van der Waals surface area (Å²) in [6.07, 6.45) is 3.22. The lowest BCUT2D eigenvalue weighted by Crippen LogP contribution is -2.28. The maximum absolute atomic E-state index is 12.1. The van der Waals surface area contributed by atoms with Crippen molar-refractivity contribution in [2.24, 2.45) is 0 Å². The molecular weight excluding hydrogens is 286 g/mol. The molecule has 0 spiro atoms. The molecule has 2 rings (SSSR count). The van der Waals surface area contributed by atoms with E-state index >= 15 is 0 Å². The van der Waals surface area contributed by atoms with Crippen LogP contribution in [0.1, 0.15) is 24.9 Å². The number of rotatable bonds is 5. The fourth-order valence-corrected chi connectivity index (χ4v) is 3.16. The van der Waals surface area contributed by atoms with E-state index in [1.54, 1.807) is 18.2 Å². The normalized spacial score (nSPS) is 13.4. The second-order valence-electron chi connectivity index (χ2n) is 4.05. The number of benzene rings is 1. The third kappa shape index (κ3) is 3.34. The van der Waals surface area contributed by atoms with Crippen molar-refractivity contribution in [1.29, 1.82) is 0 Å². The zero-order valence-electron chi connectivity index (χ0n) is 10.3. The highest BCUT2D eigenvalue weighted by Gasteiger charge is 2.21. The molecule has 0 saturated heterocycles. The summed E-state index contributed by atoms with van der Waals surface area (Å²) in [4.78, 5) is 6.29. The van der Waals surface area contributed by atoms with Gasteiger partial charge in [0, 0.05) is 11.1 Å². The van der Waals surface area contributed by atoms with Gasteiger partial charge in [0.05, 0.1) is 12.5 Å². The van der Waals surface area contributed by atoms with Gasteiger partial charge >= 0.3 is 0 Å². The van der Waals surface area contributed by atoms with Crippen molar-refractivity contribution >= 4 is 21.6 Å². The predicted octanol–water partition coefficient (Wildman–Crippen LogP) is 2.49. The van der Waals surface area contributed by atoms with Gasteiger partial charge in [0.15, 0.2) is 5.03 Å². The summed E-state index contributed by atoms with van der Waals surface area (Å²) in [6, 6.07) is 6.82. The molecule has 1 aromatic heterocycles. The Balaban J connectivity index is 2.25. The summed E-state index contributed by atoms with van der Waals surface area (Å²) in [7, 11) is -3.60. The second kappa shape index (κ2) is 5.73. The first-order valence-corrected chi connectivity index (χ1v) is 7.65. The number of hydrogen-bond donors (Lipinski definition) is 2. The van der Waals surface area contributed by atoms with Crippen LogP contribution in [0.2, 0.25) is 5.02 Å². The number of halogens is 1. The number of sulfonamides is 1. The Morgan fingerprint density at radius 2 is 2.26 bits per heavy atom. The van der Waals surface area contributed by atoms with Gasteiger partial charge in [0.2, 0.25) is 0 Å². The quantitative estimate of drug-likeness (QED) is 0.890. The van der Waals surface area contributed by atoms with Crippen molar-refractivity contribution in [3.63, 3.8) is 0 Å². The average Bonchev–Trinajstić information content (AvgIpc) is 2.90. The highest BCUT2D eigenvalue weighted by atomic mass is 35.5. The number of imidazole rings is 1. The minimum Gasteiger partial charge on any atom is -0.335 e. The maximum atomic E-state index is 12.1. The number of aromatic amines is 1. The molecule has 1 atom stereocenters. The van der Waals surface area contributed by atoms with E-state index in [2.05, 4.69) is 14.7 Å². The van der Waals surface area contributed by atoms with Crippen LogP contribution in [0.3, 0.4) is 0 Å². The van der Waals surface area contributed by atoms with Crippen LogP contribution in [0.15, 0.2) is 41.8 Å². The lowest BCUT2D eigenvalue weighted by Gasteiger charge is -2.17. The van der Waals surface area contributed by atoms with Crippen LogP contribution < -0.4 is 4.72 Å². The Labute approximate surface area is 117 Å². The lowest BCUT2D eigenvalue weighted by molar-refractivity contribution is 0.547. The molecular formula is C12H14ClN3O2S. The van der Waals surface area contributed by atoms with Gasteiger partial charge in [-0.25, -0.2) is 18.1 Å². The van der Waals surface area contributed by atoms with Crippen LogP contribution in [0.5, 0.6) is 0 Å². The van der Waals surface area contributed by atoms with Crippen LogP contribution in [0.4, 0.5) is 0 Å². The van der Waals surface area contributed by atoms with Crippen molar-refractivity contribution in [1.82, 2.24) is 14.7 Å². The molecule has 0 radical (unpaired) electrons. The van der Waals surface area contributed by atoms with Crippen LogP contribution >= 0.6 is 11.6 Å². The van der Waals surface area contributed by atoms with Crippen molar-refractivity contribution < 1.29 is 8.42 Å². The summed E-state index contributed by atoms with van der Waals surface area (Å²) in [6.45, 7) is 1.90. The van der Waals surface area contributed by atoms with Gasteiger partial charge in [0.25, 0.3) is 10.0 Å². The van der Waals surface area contributed by atoms with Crippen molar-refractivity contribution in [2.45, 2.75) is 24.4 Å². The van der Waals surface area contributed by atoms with E-state index in [4.69, 9.17) is 11.6 Å². The fraction of sp³-hybridized carbons (Fsp3) is 0.250. The summed E-state index contributed by atoms with van der Waals surface area (Å²) >= 11 is 5.92. The molecule has 0 bridgehead atoms. The van der Waals surface area contributed by atoms with E-state index < -0.39 is 10.0 Å². The van der Waals surface area contributed by atoms with E-state index in [-0.39, 0.29) is 11.1 Å². The molecule has 5 nitrogen and oxygen atoms in total. The Kier molecular flexibility index (Phi) is 4.24. The van der Waals surface area contributed by atoms with Gasteiger partial charge in [-0.15, -0.1) is 0 Å². The molecule has 0 aliphatic carbocycles. The largest absolute Gasteiger partial charge is 0.335 e. The second-order valence-corrected chi connectivity index (χ2v) is 6.17. The van der Waals surface area contributed by atoms with Gasteiger partial charge < -0.3 is 4.98 Å². The van der Waals surface area contributed by atoms with E-state index in [0.29, 0.717) is 11.4 Å². The Bertz CT molecular complexity index is 641. The Hall–Kier alpha value is -1.37. The molecule has 0 aliphatic rings. The fourth-order valence-electron chi connectivity index (χ4n) is 1.75. The van der Waals surface area contributed by atoms with E-state index in [9.17, 15) is 8.42 Å². The molecule has 2 aromatic rings. The van der Waals surface area contributed by atoms with E-state index in [1.165, 1.54) is 12.5 Å². The monoisotopic (exact) mass is 299 g/mol. The summed E-state index contributed by atoms with van der Waals surface area (Å²) in [5.41, 5.74) is 0.832. The van der Waals surface area contributed by atoms with Crippen molar-refractivity contribution in [2.75, 3.05) is 0 Å². The highest BCUT2D eigenvalue weighted by molar-refractivity contribution is 7.89.